The van der Waals surface area contributed by atoms with Crippen LogP contribution < -0.4 is 10.6 Å². The number of nitrogens with one attached hydrogen (secondary N) is 2. The first-order chi connectivity index (χ1) is 12.5. The fourth-order valence-electron chi connectivity index (χ4n) is 3.63. The molecule has 9 nitrogen and oxygen atoms in total. The number of urea groups is 1. The van der Waals surface area contributed by atoms with Gasteiger partial charge in [-0.2, -0.15) is 4.98 Å². The minimum absolute atomic E-state index is 0.0882. The first-order valence-corrected chi connectivity index (χ1v) is 9.20. The van der Waals surface area contributed by atoms with Crippen molar-refractivity contribution in [2.45, 2.75) is 63.5 Å². The second-order valence-corrected chi connectivity index (χ2v) is 7.68. The number of nitrogens with zero attached hydrogens (tertiary/aromatic N) is 3. The summed E-state index contributed by atoms with van der Waals surface area (Å²) in [6.45, 7) is 1.93. The lowest BCUT2D eigenvalue weighted by Gasteiger charge is -2.33. The fourth-order valence-corrected chi connectivity index (χ4v) is 3.63. The molecule has 0 atom stereocenters. The van der Waals surface area contributed by atoms with E-state index in [4.69, 9.17) is 4.52 Å². The normalized spacial score (nSPS) is 28.5. The summed E-state index contributed by atoms with van der Waals surface area (Å²) in [7, 11) is 0. The van der Waals surface area contributed by atoms with Crippen LogP contribution in [0.2, 0.25) is 0 Å². The smallest absolute Gasteiger partial charge is 0.325 e. The maximum absolute atomic E-state index is 12.7. The van der Waals surface area contributed by atoms with E-state index in [9.17, 15) is 14.4 Å². The molecule has 2 saturated carbocycles. The average molecular weight is 361 g/mol. The van der Waals surface area contributed by atoms with E-state index in [1.165, 1.54) is 0 Å². The molecule has 9 heteroatoms. The number of imide groups is 1. The van der Waals surface area contributed by atoms with Gasteiger partial charge in [-0.15, -0.1) is 0 Å². The molecule has 0 aromatic carbocycles. The van der Waals surface area contributed by atoms with Gasteiger partial charge in [0.05, 0.1) is 6.54 Å². The van der Waals surface area contributed by atoms with E-state index < -0.39 is 17.5 Å². The molecular formula is C17H23N5O4. The van der Waals surface area contributed by atoms with Crippen LogP contribution in [-0.2, 0) is 16.1 Å². The Morgan fingerprint density at radius 3 is 2.73 bits per heavy atom. The van der Waals surface area contributed by atoms with Gasteiger partial charge in [-0.1, -0.05) is 12.1 Å². The standard InChI is InChI=1S/C17H23N5O4/c1-10-4-6-17(7-5-10)15(24)22(16(25)20-17)9-12(23)18-8-13-19-14(21-26-13)11-2-3-11/h10-11H,2-9H2,1H3,(H,18,23)(H,20,25). The first-order valence-electron chi connectivity index (χ1n) is 9.20. The lowest BCUT2D eigenvalue weighted by atomic mass is 9.77. The van der Waals surface area contributed by atoms with Crippen molar-refractivity contribution in [1.29, 1.82) is 0 Å². The molecule has 0 bridgehead atoms. The van der Waals surface area contributed by atoms with Crippen LogP contribution in [0.15, 0.2) is 4.52 Å². The van der Waals surface area contributed by atoms with E-state index in [2.05, 4.69) is 27.7 Å². The molecule has 3 fully saturated rings. The van der Waals surface area contributed by atoms with Gasteiger partial charge < -0.3 is 15.2 Å². The number of rotatable bonds is 5. The molecule has 1 aromatic heterocycles. The Balaban J connectivity index is 1.31. The molecule has 1 spiro atoms. The molecule has 1 saturated heterocycles. The van der Waals surface area contributed by atoms with Gasteiger partial charge in [0, 0.05) is 5.92 Å². The predicted octanol–water partition coefficient (Wildman–Crippen LogP) is 1.06. The van der Waals surface area contributed by atoms with Crippen molar-refractivity contribution >= 4 is 17.8 Å². The quantitative estimate of drug-likeness (QED) is 0.758. The fraction of sp³-hybridized carbons (Fsp3) is 0.706. The molecule has 4 amide bonds. The maximum Gasteiger partial charge on any atom is 0.325 e. The van der Waals surface area contributed by atoms with Gasteiger partial charge in [-0.25, -0.2) is 4.79 Å². The molecule has 26 heavy (non-hydrogen) atoms. The monoisotopic (exact) mass is 361 g/mol. The highest BCUT2D eigenvalue weighted by Gasteiger charge is 2.52. The van der Waals surface area contributed by atoms with Gasteiger partial charge in [-0.05, 0) is 44.4 Å². The molecule has 1 aliphatic heterocycles. The highest BCUT2D eigenvalue weighted by molar-refractivity contribution is 6.09. The Hall–Kier alpha value is -2.45. The van der Waals surface area contributed by atoms with E-state index in [0.29, 0.717) is 36.4 Å². The summed E-state index contributed by atoms with van der Waals surface area (Å²) in [5, 5.41) is 9.32. The number of amides is 4. The Kier molecular flexibility index (Phi) is 4.16. The van der Waals surface area contributed by atoms with Crippen LogP contribution >= 0.6 is 0 Å². The third-order valence-electron chi connectivity index (χ3n) is 5.54. The van der Waals surface area contributed by atoms with Crippen molar-refractivity contribution in [3.63, 3.8) is 0 Å². The van der Waals surface area contributed by atoms with Crippen molar-refractivity contribution in [2.75, 3.05) is 6.54 Å². The van der Waals surface area contributed by atoms with Crippen molar-refractivity contribution in [2.24, 2.45) is 5.92 Å². The molecule has 2 heterocycles. The van der Waals surface area contributed by atoms with E-state index in [1.807, 2.05) is 0 Å². The molecule has 2 N–H and O–H groups in total. The number of carbonyl (C=O) groups is 3. The van der Waals surface area contributed by atoms with Gasteiger partial charge in [0.25, 0.3) is 5.91 Å². The number of hydrogen-bond donors (Lipinski definition) is 2. The molecule has 0 radical (unpaired) electrons. The third kappa shape index (κ3) is 3.17. The zero-order chi connectivity index (χ0) is 18.3. The lowest BCUT2D eigenvalue weighted by molar-refractivity contribution is -0.136. The Labute approximate surface area is 150 Å². The zero-order valence-corrected chi connectivity index (χ0v) is 14.8. The number of hydrogen-bond acceptors (Lipinski definition) is 6. The van der Waals surface area contributed by atoms with Crippen molar-refractivity contribution in [3.05, 3.63) is 11.7 Å². The zero-order valence-electron chi connectivity index (χ0n) is 14.8. The Bertz CT molecular complexity index is 733. The summed E-state index contributed by atoms with van der Waals surface area (Å²) < 4.78 is 5.09. The van der Waals surface area contributed by atoms with Crippen LogP contribution in [0.25, 0.3) is 0 Å². The second-order valence-electron chi connectivity index (χ2n) is 7.68. The molecule has 0 unspecified atom stereocenters. The molecule has 4 rings (SSSR count). The van der Waals surface area contributed by atoms with Gasteiger partial charge in [-0.3, -0.25) is 14.5 Å². The van der Waals surface area contributed by atoms with Crippen LogP contribution in [0.3, 0.4) is 0 Å². The maximum atomic E-state index is 12.7. The average Bonchev–Trinajstić information content (AvgIpc) is 3.32. The highest BCUT2D eigenvalue weighted by atomic mass is 16.5. The summed E-state index contributed by atoms with van der Waals surface area (Å²) >= 11 is 0. The first kappa shape index (κ1) is 17.0. The molecule has 2 aliphatic carbocycles. The minimum Gasteiger partial charge on any atom is -0.345 e. The number of carbonyl (C=O) groups excluding carboxylic acids is 3. The number of aromatic nitrogens is 2. The highest BCUT2D eigenvalue weighted by Crippen LogP contribution is 2.38. The summed E-state index contributed by atoms with van der Waals surface area (Å²) in [5.74, 6) is 1.22. The van der Waals surface area contributed by atoms with Crippen LogP contribution in [-0.4, -0.2) is 45.0 Å². The summed E-state index contributed by atoms with van der Waals surface area (Å²) in [6.07, 6.45) is 5.18. The van der Waals surface area contributed by atoms with E-state index in [1.54, 1.807) is 0 Å². The van der Waals surface area contributed by atoms with Gasteiger partial charge in [0.1, 0.15) is 12.1 Å². The van der Waals surface area contributed by atoms with E-state index in [-0.39, 0.29) is 19.0 Å². The summed E-state index contributed by atoms with van der Waals surface area (Å²) in [5.41, 5.74) is -0.824. The Morgan fingerprint density at radius 1 is 1.31 bits per heavy atom. The van der Waals surface area contributed by atoms with Crippen LogP contribution in [0.1, 0.15) is 63.1 Å². The molecule has 1 aromatic rings. The van der Waals surface area contributed by atoms with Crippen molar-refractivity contribution in [1.82, 2.24) is 25.7 Å². The van der Waals surface area contributed by atoms with Crippen LogP contribution in [0.4, 0.5) is 4.79 Å². The molecule has 140 valence electrons. The van der Waals surface area contributed by atoms with Gasteiger partial charge >= 0.3 is 6.03 Å². The second kappa shape index (κ2) is 6.37. The SMILES string of the molecule is CC1CCC2(CC1)NC(=O)N(CC(=O)NCc1nc(C3CC3)no1)C2=O. The minimum atomic E-state index is -0.824. The van der Waals surface area contributed by atoms with E-state index in [0.717, 1.165) is 30.6 Å². The van der Waals surface area contributed by atoms with Crippen LogP contribution in [0, 0.1) is 5.92 Å². The lowest BCUT2D eigenvalue weighted by Crippen LogP contribution is -2.49. The Morgan fingerprint density at radius 2 is 2.04 bits per heavy atom. The molecule has 3 aliphatic rings. The van der Waals surface area contributed by atoms with Gasteiger partial charge in [0.15, 0.2) is 5.82 Å². The third-order valence-corrected chi connectivity index (χ3v) is 5.54. The van der Waals surface area contributed by atoms with Gasteiger partial charge in [0.2, 0.25) is 11.8 Å². The van der Waals surface area contributed by atoms with Crippen LogP contribution in [0.5, 0.6) is 0 Å². The van der Waals surface area contributed by atoms with Crippen molar-refractivity contribution in [3.8, 4) is 0 Å². The topological polar surface area (TPSA) is 117 Å². The predicted molar refractivity (Wildman–Crippen MR) is 88.7 cm³/mol. The molecular weight excluding hydrogens is 338 g/mol. The van der Waals surface area contributed by atoms with E-state index >= 15 is 0 Å². The summed E-state index contributed by atoms with van der Waals surface area (Å²) in [4.78, 5) is 42.3. The largest absolute Gasteiger partial charge is 0.345 e. The van der Waals surface area contributed by atoms with Crippen molar-refractivity contribution < 1.29 is 18.9 Å². The summed E-state index contributed by atoms with van der Waals surface area (Å²) in [6, 6.07) is -0.492.